The average molecular weight is 321 g/mol. The van der Waals surface area contributed by atoms with Crippen LogP contribution in [0.5, 0.6) is 0 Å². The predicted octanol–water partition coefficient (Wildman–Crippen LogP) is 5.24. The fourth-order valence-electron chi connectivity index (χ4n) is 1.95. The number of hydrogen-bond donors (Lipinski definition) is 1. The molecule has 0 fully saturated rings. The highest BCUT2D eigenvalue weighted by atomic mass is 35.5. The molecule has 0 radical (unpaired) electrons. The maximum Gasteiger partial charge on any atom is 0.336 e. The van der Waals surface area contributed by atoms with Crippen LogP contribution in [0.1, 0.15) is 22.3 Å². The van der Waals surface area contributed by atoms with Crippen molar-refractivity contribution in [1.82, 2.24) is 0 Å². The molecule has 0 aliphatic rings. The van der Waals surface area contributed by atoms with Crippen LogP contribution in [-0.4, -0.2) is 11.1 Å². The molecule has 21 heavy (non-hydrogen) atoms. The Kier molecular flexibility index (Phi) is 4.71. The summed E-state index contributed by atoms with van der Waals surface area (Å²) in [6.07, 6.45) is 1.56. The number of aryl methyl sites for hydroxylation is 2. The standard InChI is InChI=1S/C17H14Cl2O2/c1-10-3-4-12(7-11(10)2)15(17(20)21)8-13-5-6-14(18)9-16(13)19/h3-9H,1-2H3,(H,20,21)/b15-8-. The molecule has 2 nitrogen and oxygen atoms in total. The maximum atomic E-state index is 11.5. The molecule has 0 aliphatic carbocycles. The van der Waals surface area contributed by atoms with Gasteiger partial charge in [-0.3, -0.25) is 0 Å². The molecule has 0 unspecified atom stereocenters. The quantitative estimate of drug-likeness (QED) is 0.620. The number of carboxylic acids is 1. The van der Waals surface area contributed by atoms with E-state index >= 15 is 0 Å². The number of hydrogen-bond acceptors (Lipinski definition) is 1. The van der Waals surface area contributed by atoms with Gasteiger partial charge in [-0.05, 0) is 54.3 Å². The highest BCUT2D eigenvalue weighted by Gasteiger charge is 2.12. The van der Waals surface area contributed by atoms with Crippen LogP contribution < -0.4 is 0 Å². The first-order valence-corrected chi connectivity index (χ1v) is 7.12. The Bertz CT molecular complexity index is 734. The van der Waals surface area contributed by atoms with E-state index in [0.29, 0.717) is 21.2 Å². The summed E-state index contributed by atoms with van der Waals surface area (Å²) >= 11 is 12.0. The average Bonchev–Trinajstić information content (AvgIpc) is 2.41. The monoisotopic (exact) mass is 320 g/mol. The highest BCUT2D eigenvalue weighted by molar-refractivity contribution is 6.36. The molecule has 0 spiro atoms. The third-order valence-electron chi connectivity index (χ3n) is 3.31. The van der Waals surface area contributed by atoms with Crippen molar-refractivity contribution in [1.29, 1.82) is 0 Å². The topological polar surface area (TPSA) is 37.3 Å². The second-order valence-corrected chi connectivity index (χ2v) is 5.67. The van der Waals surface area contributed by atoms with E-state index in [-0.39, 0.29) is 5.57 Å². The lowest BCUT2D eigenvalue weighted by Gasteiger charge is -2.07. The van der Waals surface area contributed by atoms with Crippen molar-refractivity contribution < 1.29 is 9.90 Å². The van der Waals surface area contributed by atoms with Crippen LogP contribution in [0.25, 0.3) is 11.6 Å². The van der Waals surface area contributed by atoms with E-state index in [1.807, 2.05) is 26.0 Å². The second kappa shape index (κ2) is 6.33. The second-order valence-electron chi connectivity index (χ2n) is 4.83. The molecule has 108 valence electrons. The Morgan fingerprint density at radius 1 is 1.05 bits per heavy atom. The number of rotatable bonds is 3. The van der Waals surface area contributed by atoms with Crippen LogP contribution in [0, 0.1) is 13.8 Å². The molecular weight excluding hydrogens is 307 g/mol. The van der Waals surface area contributed by atoms with Crippen LogP contribution in [0.2, 0.25) is 10.0 Å². The fraction of sp³-hybridized carbons (Fsp3) is 0.118. The molecule has 0 bridgehead atoms. The molecule has 2 rings (SSSR count). The third kappa shape index (κ3) is 3.66. The molecular formula is C17H14Cl2O2. The Labute approximate surface area is 133 Å². The van der Waals surface area contributed by atoms with Gasteiger partial charge in [0.2, 0.25) is 0 Å². The Balaban J connectivity index is 2.55. The first-order chi connectivity index (χ1) is 9.88. The van der Waals surface area contributed by atoms with Gasteiger partial charge in [0.05, 0.1) is 5.57 Å². The van der Waals surface area contributed by atoms with Gasteiger partial charge >= 0.3 is 5.97 Å². The van der Waals surface area contributed by atoms with Crippen LogP contribution in [0.3, 0.4) is 0 Å². The van der Waals surface area contributed by atoms with Gasteiger partial charge in [-0.2, -0.15) is 0 Å². The first-order valence-electron chi connectivity index (χ1n) is 6.36. The van der Waals surface area contributed by atoms with Crippen LogP contribution in [0.4, 0.5) is 0 Å². The Morgan fingerprint density at radius 2 is 1.76 bits per heavy atom. The van der Waals surface area contributed by atoms with E-state index < -0.39 is 5.97 Å². The molecule has 0 amide bonds. The molecule has 2 aromatic rings. The first kappa shape index (κ1) is 15.6. The smallest absolute Gasteiger partial charge is 0.336 e. The molecule has 0 aromatic heterocycles. The van der Waals surface area contributed by atoms with Crippen LogP contribution >= 0.6 is 23.2 Å². The molecule has 2 aromatic carbocycles. The van der Waals surface area contributed by atoms with Crippen molar-refractivity contribution >= 4 is 40.8 Å². The van der Waals surface area contributed by atoms with E-state index in [9.17, 15) is 9.90 Å². The SMILES string of the molecule is Cc1ccc(/C(=C/c2ccc(Cl)cc2Cl)C(=O)O)cc1C. The number of carbonyl (C=O) groups is 1. The summed E-state index contributed by atoms with van der Waals surface area (Å²) in [6.45, 7) is 3.94. The molecule has 0 aliphatic heterocycles. The predicted molar refractivity (Wildman–Crippen MR) is 87.9 cm³/mol. The lowest BCUT2D eigenvalue weighted by atomic mass is 9.99. The number of benzene rings is 2. The Hall–Kier alpha value is -1.77. The molecule has 4 heteroatoms. The van der Waals surface area contributed by atoms with Crippen molar-refractivity contribution in [3.63, 3.8) is 0 Å². The summed E-state index contributed by atoms with van der Waals surface area (Å²) < 4.78 is 0. The Morgan fingerprint density at radius 3 is 2.33 bits per heavy atom. The molecule has 0 saturated carbocycles. The number of carboxylic acid groups (broad SMARTS) is 1. The van der Waals surface area contributed by atoms with Gasteiger partial charge in [0.1, 0.15) is 0 Å². The summed E-state index contributed by atoms with van der Waals surface area (Å²) in [5.74, 6) is -0.996. The maximum absolute atomic E-state index is 11.5. The van der Waals surface area contributed by atoms with Gasteiger partial charge in [-0.1, -0.05) is 47.5 Å². The zero-order valence-electron chi connectivity index (χ0n) is 11.7. The van der Waals surface area contributed by atoms with Gasteiger partial charge in [0.25, 0.3) is 0 Å². The summed E-state index contributed by atoms with van der Waals surface area (Å²) in [5.41, 5.74) is 3.63. The minimum Gasteiger partial charge on any atom is -0.478 e. The van der Waals surface area contributed by atoms with Gasteiger partial charge in [-0.15, -0.1) is 0 Å². The van der Waals surface area contributed by atoms with Crippen molar-refractivity contribution in [3.8, 4) is 0 Å². The molecule has 0 atom stereocenters. The lowest BCUT2D eigenvalue weighted by Crippen LogP contribution is -2.00. The third-order valence-corrected chi connectivity index (χ3v) is 3.87. The van der Waals surface area contributed by atoms with Gasteiger partial charge in [0.15, 0.2) is 0 Å². The van der Waals surface area contributed by atoms with E-state index in [0.717, 1.165) is 11.1 Å². The van der Waals surface area contributed by atoms with Crippen LogP contribution in [-0.2, 0) is 4.79 Å². The normalized spacial score (nSPS) is 11.5. The molecule has 0 saturated heterocycles. The summed E-state index contributed by atoms with van der Waals surface area (Å²) in [7, 11) is 0. The summed E-state index contributed by atoms with van der Waals surface area (Å²) in [6, 6.07) is 10.5. The van der Waals surface area contributed by atoms with Crippen LogP contribution in [0.15, 0.2) is 36.4 Å². The number of halogens is 2. The minimum atomic E-state index is -0.996. The highest BCUT2D eigenvalue weighted by Crippen LogP contribution is 2.27. The van der Waals surface area contributed by atoms with E-state index in [1.165, 1.54) is 0 Å². The number of aliphatic carboxylic acids is 1. The minimum absolute atomic E-state index is 0.197. The van der Waals surface area contributed by atoms with Crippen molar-refractivity contribution in [2.75, 3.05) is 0 Å². The fourth-order valence-corrected chi connectivity index (χ4v) is 2.41. The largest absolute Gasteiger partial charge is 0.478 e. The van der Waals surface area contributed by atoms with Crippen molar-refractivity contribution in [3.05, 3.63) is 68.7 Å². The molecule has 0 heterocycles. The van der Waals surface area contributed by atoms with Crippen molar-refractivity contribution in [2.24, 2.45) is 0 Å². The van der Waals surface area contributed by atoms with Gasteiger partial charge in [-0.25, -0.2) is 4.79 Å². The zero-order chi connectivity index (χ0) is 15.6. The summed E-state index contributed by atoms with van der Waals surface area (Å²) in [5, 5.41) is 10.4. The lowest BCUT2D eigenvalue weighted by molar-refractivity contribution is -0.130. The zero-order valence-corrected chi connectivity index (χ0v) is 13.2. The van der Waals surface area contributed by atoms with E-state index in [4.69, 9.17) is 23.2 Å². The molecule has 1 N–H and O–H groups in total. The van der Waals surface area contributed by atoms with E-state index in [2.05, 4.69) is 0 Å². The van der Waals surface area contributed by atoms with Gasteiger partial charge < -0.3 is 5.11 Å². The van der Waals surface area contributed by atoms with Gasteiger partial charge in [0, 0.05) is 10.0 Å². The van der Waals surface area contributed by atoms with E-state index in [1.54, 1.807) is 30.3 Å². The van der Waals surface area contributed by atoms with Crippen molar-refractivity contribution in [2.45, 2.75) is 13.8 Å². The summed E-state index contributed by atoms with van der Waals surface area (Å²) in [4.78, 5) is 11.5.